The molecule has 0 bridgehead atoms. The van der Waals surface area contributed by atoms with E-state index >= 15 is 0 Å². The second-order valence-electron chi connectivity index (χ2n) is 6.55. The maximum absolute atomic E-state index is 9.43. The van der Waals surface area contributed by atoms with Gasteiger partial charge in [-0.05, 0) is 31.0 Å². The average Bonchev–Trinajstić information content (AvgIpc) is 3.18. The molecule has 0 radical (unpaired) electrons. The van der Waals surface area contributed by atoms with Crippen LogP contribution in [0.2, 0.25) is 0 Å². The minimum absolute atomic E-state index is 0.682. The molecular formula is C23H19N3S. The van der Waals surface area contributed by atoms with E-state index in [0.717, 1.165) is 27.5 Å². The maximum Gasteiger partial charge on any atom is 0.134 e. The number of nitriles is 1. The van der Waals surface area contributed by atoms with Crippen LogP contribution in [0, 0.1) is 25.2 Å². The summed E-state index contributed by atoms with van der Waals surface area (Å²) >= 11 is 1.57. The predicted molar refractivity (Wildman–Crippen MR) is 113 cm³/mol. The Bertz CT molecular complexity index is 1170. The summed E-state index contributed by atoms with van der Waals surface area (Å²) in [5.41, 5.74) is 5.22. The number of aromatic nitrogens is 1. The molecule has 0 aliphatic heterocycles. The molecule has 0 saturated heterocycles. The molecule has 3 nitrogen and oxygen atoms in total. The SMILES string of the molecule is Cc1sc(/N=C/c2cn(Cc3ccccc3)c3ccccc23)c(C#N)c1C. The fraction of sp³-hybridized carbons (Fsp3) is 0.130. The van der Waals surface area contributed by atoms with Crippen LogP contribution in [0.3, 0.4) is 0 Å². The largest absolute Gasteiger partial charge is 0.342 e. The van der Waals surface area contributed by atoms with Gasteiger partial charge in [0.2, 0.25) is 0 Å². The molecule has 2 aromatic heterocycles. The molecule has 4 aromatic rings. The Labute approximate surface area is 162 Å². The van der Waals surface area contributed by atoms with Gasteiger partial charge in [-0.2, -0.15) is 5.26 Å². The Balaban J connectivity index is 1.75. The molecule has 0 fully saturated rings. The van der Waals surface area contributed by atoms with Crippen molar-refractivity contribution < 1.29 is 0 Å². The number of aryl methyl sites for hydroxylation is 1. The van der Waals surface area contributed by atoms with Crippen LogP contribution in [-0.2, 0) is 6.54 Å². The molecule has 0 aliphatic carbocycles. The van der Waals surface area contributed by atoms with Crippen molar-refractivity contribution in [1.82, 2.24) is 4.57 Å². The molecule has 4 rings (SSSR count). The van der Waals surface area contributed by atoms with E-state index in [9.17, 15) is 5.26 Å². The Morgan fingerprint density at radius 2 is 1.81 bits per heavy atom. The van der Waals surface area contributed by atoms with E-state index in [1.165, 1.54) is 16.5 Å². The van der Waals surface area contributed by atoms with E-state index in [1.54, 1.807) is 11.3 Å². The number of nitrogens with zero attached hydrogens (tertiary/aromatic N) is 3. The van der Waals surface area contributed by atoms with E-state index in [1.807, 2.05) is 32.2 Å². The Morgan fingerprint density at radius 1 is 1.07 bits per heavy atom. The normalized spacial score (nSPS) is 11.3. The molecule has 132 valence electrons. The monoisotopic (exact) mass is 369 g/mol. The molecule has 0 aliphatic rings. The summed E-state index contributed by atoms with van der Waals surface area (Å²) < 4.78 is 2.25. The quantitative estimate of drug-likeness (QED) is 0.407. The van der Waals surface area contributed by atoms with Crippen molar-refractivity contribution in [2.75, 3.05) is 0 Å². The maximum atomic E-state index is 9.43. The number of fused-ring (bicyclic) bond motifs is 1. The molecule has 0 atom stereocenters. The van der Waals surface area contributed by atoms with E-state index in [4.69, 9.17) is 0 Å². The third kappa shape index (κ3) is 3.30. The van der Waals surface area contributed by atoms with Crippen LogP contribution in [0.1, 0.15) is 27.1 Å². The van der Waals surface area contributed by atoms with Gasteiger partial charge in [0.1, 0.15) is 11.1 Å². The number of thiophene rings is 1. The van der Waals surface area contributed by atoms with Crippen molar-refractivity contribution >= 4 is 33.5 Å². The standard InChI is InChI=1S/C23H19N3S/c1-16-17(2)27-23(21(16)12-24)25-13-19-15-26(14-18-8-4-3-5-9-18)22-11-7-6-10-20(19)22/h3-11,13,15H,14H2,1-2H3/b25-13+. The van der Waals surface area contributed by atoms with E-state index in [0.29, 0.717) is 5.56 Å². The minimum Gasteiger partial charge on any atom is -0.342 e. The lowest BCUT2D eigenvalue weighted by Gasteiger charge is -2.05. The molecule has 27 heavy (non-hydrogen) atoms. The summed E-state index contributed by atoms with van der Waals surface area (Å²) in [5, 5.41) is 11.4. The fourth-order valence-corrected chi connectivity index (χ4v) is 4.20. The lowest BCUT2D eigenvalue weighted by atomic mass is 10.2. The number of hydrogen-bond acceptors (Lipinski definition) is 3. The average molecular weight is 369 g/mol. The van der Waals surface area contributed by atoms with Gasteiger partial charge in [-0.25, -0.2) is 4.99 Å². The lowest BCUT2D eigenvalue weighted by molar-refractivity contribution is 0.836. The van der Waals surface area contributed by atoms with E-state index < -0.39 is 0 Å². The summed E-state index contributed by atoms with van der Waals surface area (Å²) in [6.45, 7) is 4.83. The summed E-state index contributed by atoms with van der Waals surface area (Å²) in [4.78, 5) is 5.80. The molecule has 0 unspecified atom stereocenters. The second-order valence-corrected chi connectivity index (χ2v) is 7.75. The molecule has 2 aromatic carbocycles. The van der Waals surface area contributed by atoms with Gasteiger partial charge in [0.15, 0.2) is 0 Å². The van der Waals surface area contributed by atoms with Gasteiger partial charge in [-0.1, -0.05) is 48.5 Å². The first kappa shape index (κ1) is 17.3. The van der Waals surface area contributed by atoms with Crippen molar-refractivity contribution in [2.24, 2.45) is 4.99 Å². The van der Waals surface area contributed by atoms with Crippen LogP contribution in [0.5, 0.6) is 0 Å². The number of rotatable bonds is 4. The van der Waals surface area contributed by atoms with Crippen LogP contribution < -0.4 is 0 Å². The number of hydrogen-bond donors (Lipinski definition) is 0. The molecule has 0 amide bonds. The number of para-hydroxylation sites is 1. The molecule has 4 heteroatoms. The first-order chi connectivity index (χ1) is 13.2. The summed E-state index contributed by atoms with van der Waals surface area (Å²) in [6.07, 6.45) is 4.02. The molecule has 2 heterocycles. The van der Waals surface area contributed by atoms with Gasteiger partial charge in [-0.3, -0.25) is 0 Å². The highest BCUT2D eigenvalue weighted by Crippen LogP contribution is 2.34. The summed E-state index contributed by atoms with van der Waals surface area (Å²) in [7, 11) is 0. The third-order valence-corrected chi connectivity index (χ3v) is 5.93. The first-order valence-electron chi connectivity index (χ1n) is 8.83. The Hall–Kier alpha value is -3.16. The first-order valence-corrected chi connectivity index (χ1v) is 9.65. The minimum atomic E-state index is 0.682. The van der Waals surface area contributed by atoms with Crippen LogP contribution in [0.25, 0.3) is 10.9 Å². The van der Waals surface area contributed by atoms with Crippen molar-refractivity contribution in [3.8, 4) is 6.07 Å². The third-order valence-electron chi connectivity index (χ3n) is 4.81. The van der Waals surface area contributed by atoms with Crippen LogP contribution >= 0.6 is 11.3 Å². The van der Waals surface area contributed by atoms with Gasteiger partial charge >= 0.3 is 0 Å². The highest BCUT2D eigenvalue weighted by Gasteiger charge is 2.12. The molecule has 0 spiro atoms. The molecule has 0 saturated carbocycles. The zero-order valence-electron chi connectivity index (χ0n) is 15.3. The van der Waals surface area contributed by atoms with Gasteiger partial charge in [0, 0.05) is 40.3 Å². The lowest BCUT2D eigenvalue weighted by Crippen LogP contribution is -1.97. The zero-order valence-corrected chi connectivity index (χ0v) is 16.1. The second kappa shape index (κ2) is 7.22. The van der Waals surface area contributed by atoms with Gasteiger partial charge < -0.3 is 4.57 Å². The Kier molecular flexibility index (Phi) is 4.62. The molecule has 0 N–H and O–H groups in total. The smallest absolute Gasteiger partial charge is 0.134 e. The van der Waals surface area contributed by atoms with Crippen molar-refractivity contribution in [1.29, 1.82) is 5.26 Å². The number of benzene rings is 2. The van der Waals surface area contributed by atoms with Gasteiger partial charge in [0.05, 0.1) is 5.56 Å². The topological polar surface area (TPSA) is 41.1 Å². The highest BCUT2D eigenvalue weighted by molar-refractivity contribution is 7.16. The van der Waals surface area contributed by atoms with Gasteiger partial charge in [0.25, 0.3) is 0 Å². The van der Waals surface area contributed by atoms with Crippen LogP contribution in [0.15, 0.2) is 65.8 Å². The van der Waals surface area contributed by atoms with Crippen LogP contribution in [0.4, 0.5) is 5.00 Å². The Morgan fingerprint density at radius 3 is 2.59 bits per heavy atom. The summed E-state index contributed by atoms with van der Waals surface area (Å²) in [6, 6.07) is 21.1. The predicted octanol–water partition coefficient (Wildman–Crippen LogP) is 5.99. The zero-order chi connectivity index (χ0) is 18.8. The highest BCUT2D eigenvalue weighted by atomic mass is 32.1. The molecular weight excluding hydrogens is 350 g/mol. The summed E-state index contributed by atoms with van der Waals surface area (Å²) in [5.74, 6) is 0. The van der Waals surface area contributed by atoms with Crippen molar-refractivity contribution in [3.63, 3.8) is 0 Å². The van der Waals surface area contributed by atoms with Crippen molar-refractivity contribution in [3.05, 3.63) is 87.9 Å². The fourth-order valence-electron chi connectivity index (χ4n) is 3.25. The van der Waals surface area contributed by atoms with E-state index in [2.05, 4.69) is 64.3 Å². The number of aliphatic imine (C=N–C) groups is 1. The van der Waals surface area contributed by atoms with Crippen molar-refractivity contribution in [2.45, 2.75) is 20.4 Å². The van der Waals surface area contributed by atoms with Gasteiger partial charge in [-0.15, -0.1) is 11.3 Å². The van der Waals surface area contributed by atoms with E-state index in [-0.39, 0.29) is 0 Å². The van der Waals surface area contributed by atoms with Crippen LogP contribution in [-0.4, -0.2) is 10.8 Å².